The minimum absolute atomic E-state index is 0.238. The molecule has 1 aromatic carbocycles. The molecule has 0 aliphatic carbocycles. The zero-order valence-electron chi connectivity index (χ0n) is 8.18. The molecule has 1 atom stereocenters. The van der Waals surface area contributed by atoms with E-state index in [9.17, 15) is 8.78 Å². The third-order valence-corrected chi connectivity index (χ3v) is 1.98. The second kappa shape index (κ2) is 5.02. The molecule has 0 aliphatic rings. The number of nitrogens with one attached hydrogen (secondary N) is 1. The van der Waals surface area contributed by atoms with Gasteiger partial charge in [0.15, 0.2) is 0 Å². The fourth-order valence-electron chi connectivity index (χ4n) is 1.27. The highest BCUT2D eigenvalue weighted by atomic mass is 19.1. The fraction of sp³-hybridized carbons (Fsp3) is 0.400. The first kappa shape index (κ1) is 11.1. The van der Waals surface area contributed by atoms with Gasteiger partial charge in [0.1, 0.15) is 11.6 Å². The molecule has 0 heterocycles. The minimum atomic E-state index is -0.462. The summed E-state index contributed by atoms with van der Waals surface area (Å²) >= 11 is 0. The Morgan fingerprint density at radius 3 is 2.71 bits per heavy atom. The molecule has 1 N–H and O–H groups in total. The zero-order chi connectivity index (χ0) is 10.6. The fourth-order valence-corrected chi connectivity index (χ4v) is 1.27. The summed E-state index contributed by atoms with van der Waals surface area (Å²) in [5.41, 5.74) is 0.238. The van der Waals surface area contributed by atoms with E-state index in [1.54, 1.807) is 7.05 Å². The van der Waals surface area contributed by atoms with Gasteiger partial charge in [-0.15, -0.1) is 0 Å². The van der Waals surface area contributed by atoms with Crippen LogP contribution in [0.25, 0.3) is 0 Å². The van der Waals surface area contributed by atoms with Gasteiger partial charge in [0.2, 0.25) is 0 Å². The number of benzene rings is 1. The van der Waals surface area contributed by atoms with Crippen LogP contribution < -0.4 is 5.32 Å². The molecule has 1 aromatic rings. The molecule has 1 rings (SSSR count). The van der Waals surface area contributed by atoms with Gasteiger partial charge in [0.25, 0.3) is 0 Å². The third-order valence-electron chi connectivity index (χ3n) is 1.98. The average molecular weight is 201 g/mol. The SMILES string of the molecule is CNC[C@@H](OC)c1cc(F)ccc1F. The summed E-state index contributed by atoms with van der Waals surface area (Å²) in [6.07, 6.45) is -0.462. The molecule has 78 valence electrons. The first-order chi connectivity index (χ1) is 6.69. The zero-order valence-corrected chi connectivity index (χ0v) is 8.18. The van der Waals surface area contributed by atoms with E-state index in [0.717, 1.165) is 18.2 Å². The number of rotatable bonds is 4. The summed E-state index contributed by atoms with van der Waals surface area (Å²) in [5.74, 6) is -0.909. The van der Waals surface area contributed by atoms with E-state index in [4.69, 9.17) is 4.74 Å². The summed E-state index contributed by atoms with van der Waals surface area (Å²) < 4.78 is 31.1. The Labute approximate surface area is 81.9 Å². The Morgan fingerprint density at radius 2 is 2.14 bits per heavy atom. The van der Waals surface area contributed by atoms with E-state index >= 15 is 0 Å². The molecule has 0 aromatic heterocycles. The van der Waals surface area contributed by atoms with E-state index in [1.165, 1.54) is 7.11 Å². The molecule has 0 aliphatic heterocycles. The van der Waals surface area contributed by atoms with Gasteiger partial charge in [-0.05, 0) is 25.2 Å². The second-order valence-corrected chi connectivity index (χ2v) is 2.95. The van der Waals surface area contributed by atoms with Gasteiger partial charge < -0.3 is 10.1 Å². The van der Waals surface area contributed by atoms with Gasteiger partial charge >= 0.3 is 0 Å². The van der Waals surface area contributed by atoms with Crippen molar-refractivity contribution in [3.63, 3.8) is 0 Å². The van der Waals surface area contributed by atoms with Crippen molar-refractivity contribution in [3.05, 3.63) is 35.4 Å². The number of hydrogen-bond acceptors (Lipinski definition) is 2. The Balaban J connectivity index is 2.96. The van der Waals surface area contributed by atoms with Crippen LogP contribution in [0.15, 0.2) is 18.2 Å². The standard InChI is InChI=1S/C10H13F2NO/c1-13-6-10(14-2)8-5-7(11)3-4-9(8)12/h3-5,10,13H,6H2,1-2H3/t10-/m1/s1. The lowest BCUT2D eigenvalue weighted by Crippen LogP contribution is -2.19. The monoisotopic (exact) mass is 201 g/mol. The normalized spacial score (nSPS) is 12.9. The van der Waals surface area contributed by atoms with Crippen molar-refractivity contribution in [1.29, 1.82) is 0 Å². The van der Waals surface area contributed by atoms with Crippen molar-refractivity contribution in [2.75, 3.05) is 20.7 Å². The van der Waals surface area contributed by atoms with Gasteiger partial charge in [-0.2, -0.15) is 0 Å². The Bertz CT molecular complexity index is 304. The van der Waals surface area contributed by atoms with Crippen LogP contribution in [0, 0.1) is 11.6 Å². The summed E-state index contributed by atoms with van der Waals surface area (Å²) in [4.78, 5) is 0. The van der Waals surface area contributed by atoms with Gasteiger partial charge in [0.05, 0.1) is 6.10 Å². The molecule has 2 nitrogen and oxygen atoms in total. The molecule has 0 radical (unpaired) electrons. The maximum atomic E-state index is 13.3. The molecule has 0 unspecified atom stereocenters. The second-order valence-electron chi connectivity index (χ2n) is 2.95. The lowest BCUT2D eigenvalue weighted by atomic mass is 10.1. The van der Waals surface area contributed by atoms with Crippen molar-refractivity contribution in [3.8, 4) is 0 Å². The van der Waals surface area contributed by atoms with Crippen LogP contribution in [0.3, 0.4) is 0 Å². The molecule has 14 heavy (non-hydrogen) atoms. The number of ether oxygens (including phenoxy) is 1. The lowest BCUT2D eigenvalue weighted by molar-refractivity contribution is 0.101. The average Bonchev–Trinajstić information content (AvgIpc) is 2.18. The Kier molecular flexibility index (Phi) is 3.98. The highest BCUT2D eigenvalue weighted by molar-refractivity contribution is 5.21. The van der Waals surface area contributed by atoms with Gasteiger partial charge in [0, 0.05) is 19.2 Å². The van der Waals surface area contributed by atoms with Gasteiger partial charge in [-0.3, -0.25) is 0 Å². The van der Waals surface area contributed by atoms with Crippen molar-refractivity contribution < 1.29 is 13.5 Å². The first-order valence-corrected chi connectivity index (χ1v) is 4.31. The molecule has 0 fully saturated rings. The number of hydrogen-bond donors (Lipinski definition) is 1. The summed E-state index contributed by atoms with van der Waals surface area (Å²) in [6.45, 7) is 0.441. The lowest BCUT2D eigenvalue weighted by Gasteiger charge is -2.15. The number of halogens is 2. The largest absolute Gasteiger partial charge is 0.375 e. The minimum Gasteiger partial charge on any atom is -0.375 e. The molecular formula is C10H13F2NO. The third kappa shape index (κ3) is 2.49. The maximum absolute atomic E-state index is 13.3. The Morgan fingerprint density at radius 1 is 1.43 bits per heavy atom. The predicted molar refractivity (Wildman–Crippen MR) is 50.0 cm³/mol. The van der Waals surface area contributed by atoms with Gasteiger partial charge in [-0.1, -0.05) is 0 Å². The number of methoxy groups -OCH3 is 1. The molecule has 0 amide bonds. The smallest absolute Gasteiger partial charge is 0.129 e. The van der Waals surface area contributed by atoms with Crippen LogP contribution in [-0.2, 0) is 4.74 Å². The first-order valence-electron chi connectivity index (χ1n) is 4.31. The van der Waals surface area contributed by atoms with E-state index < -0.39 is 17.7 Å². The molecule has 0 saturated heterocycles. The van der Waals surface area contributed by atoms with Crippen LogP contribution >= 0.6 is 0 Å². The predicted octanol–water partition coefficient (Wildman–Crippen LogP) is 1.87. The summed E-state index contributed by atoms with van der Waals surface area (Å²) in [5, 5.41) is 2.85. The number of likely N-dealkylation sites (N-methyl/N-ethyl adjacent to an activating group) is 1. The van der Waals surface area contributed by atoms with E-state index in [1.807, 2.05) is 0 Å². The van der Waals surface area contributed by atoms with E-state index in [2.05, 4.69) is 5.32 Å². The van der Waals surface area contributed by atoms with E-state index in [0.29, 0.717) is 6.54 Å². The van der Waals surface area contributed by atoms with Crippen LogP contribution in [0.5, 0.6) is 0 Å². The maximum Gasteiger partial charge on any atom is 0.129 e. The van der Waals surface area contributed by atoms with Crippen molar-refractivity contribution in [2.45, 2.75) is 6.10 Å². The molecule has 4 heteroatoms. The van der Waals surface area contributed by atoms with Crippen LogP contribution in [0.2, 0.25) is 0 Å². The summed E-state index contributed by atoms with van der Waals surface area (Å²) in [6, 6.07) is 3.35. The summed E-state index contributed by atoms with van der Waals surface area (Å²) in [7, 11) is 3.19. The topological polar surface area (TPSA) is 21.3 Å². The van der Waals surface area contributed by atoms with Crippen LogP contribution in [0.1, 0.15) is 11.7 Å². The van der Waals surface area contributed by atoms with Crippen molar-refractivity contribution in [2.24, 2.45) is 0 Å². The van der Waals surface area contributed by atoms with Crippen LogP contribution in [0.4, 0.5) is 8.78 Å². The Hall–Kier alpha value is -1.00. The molecule has 0 bridgehead atoms. The van der Waals surface area contributed by atoms with E-state index in [-0.39, 0.29) is 5.56 Å². The highest BCUT2D eigenvalue weighted by Gasteiger charge is 2.14. The highest BCUT2D eigenvalue weighted by Crippen LogP contribution is 2.20. The van der Waals surface area contributed by atoms with Crippen molar-refractivity contribution in [1.82, 2.24) is 5.32 Å². The molecular weight excluding hydrogens is 188 g/mol. The van der Waals surface area contributed by atoms with Crippen LogP contribution in [-0.4, -0.2) is 20.7 Å². The molecule has 0 saturated carbocycles. The quantitative estimate of drug-likeness (QED) is 0.803. The van der Waals surface area contributed by atoms with Crippen molar-refractivity contribution >= 4 is 0 Å². The van der Waals surface area contributed by atoms with Gasteiger partial charge in [-0.25, -0.2) is 8.78 Å². The molecule has 0 spiro atoms.